The maximum Gasteiger partial charge on any atom is 0.276 e. The van der Waals surface area contributed by atoms with E-state index in [0.29, 0.717) is 47.1 Å². The highest BCUT2D eigenvalue weighted by atomic mass is 16.6. The van der Waals surface area contributed by atoms with Crippen LogP contribution in [0.1, 0.15) is 21.5 Å². The highest BCUT2D eigenvalue weighted by Gasteiger charge is 2.30. The van der Waals surface area contributed by atoms with Crippen LogP contribution in [0.5, 0.6) is 11.5 Å². The van der Waals surface area contributed by atoms with E-state index in [2.05, 4.69) is 15.5 Å². The number of carbonyl (C=O) groups is 2. The lowest BCUT2D eigenvalue weighted by molar-refractivity contribution is -0.110. The average Bonchev–Trinajstić information content (AvgIpc) is 3.12. The van der Waals surface area contributed by atoms with Gasteiger partial charge in [-0.25, -0.2) is 0 Å². The Morgan fingerprint density at radius 3 is 2.13 bits per heavy atom. The predicted octanol–water partition coefficient (Wildman–Crippen LogP) is 3.49. The van der Waals surface area contributed by atoms with Crippen molar-refractivity contribution < 1.29 is 19.1 Å². The second-order valence-corrected chi connectivity index (χ2v) is 6.95. The van der Waals surface area contributed by atoms with Gasteiger partial charge in [0.2, 0.25) is 5.78 Å². The van der Waals surface area contributed by atoms with Gasteiger partial charge in [0.05, 0.1) is 5.69 Å². The van der Waals surface area contributed by atoms with E-state index >= 15 is 0 Å². The summed E-state index contributed by atoms with van der Waals surface area (Å²) in [5.41, 5.74) is 2.48. The van der Waals surface area contributed by atoms with Gasteiger partial charge in [0.1, 0.15) is 18.9 Å². The summed E-state index contributed by atoms with van der Waals surface area (Å²) >= 11 is 0. The first-order valence-corrected chi connectivity index (χ1v) is 9.77. The van der Waals surface area contributed by atoms with Crippen LogP contribution < -0.4 is 14.8 Å². The lowest BCUT2D eigenvalue weighted by Gasteiger charge is -2.18. The number of Topliss-reactive ketones (excluding diaryl/α,β-unsaturated/α-hetero) is 1. The number of hydrogen-bond donors (Lipinski definition) is 1. The van der Waals surface area contributed by atoms with E-state index in [4.69, 9.17) is 9.47 Å². The highest BCUT2D eigenvalue weighted by molar-refractivity contribution is 6.54. The van der Waals surface area contributed by atoms with Crippen molar-refractivity contribution in [3.05, 3.63) is 89.5 Å². The Bertz CT molecular complexity index is 1230. The van der Waals surface area contributed by atoms with Gasteiger partial charge in [-0.1, -0.05) is 60.7 Å². The molecule has 0 fully saturated rings. The van der Waals surface area contributed by atoms with Crippen LogP contribution in [-0.4, -0.2) is 36.3 Å². The van der Waals surface area contributed by atoms with Gasteiger partial charge in [-0.05, 0) is 6.07 Å². The lowest BCUT2D eigenvalue weighted by atomic mass is 10.0. The summed E-state index contributed by atoms with van der Waals surface area (Å²) in [6.45, 7) is 0.883. The van der Waals surface area contributed by atoms with E-state index in [1.54, 1.807) is 48.5 Å². The Balaban J connectivity index is 1.59. The average molecular weight is 411 g/mol. The van der Waals surface area contributed by atoms with Crippen LogP contribution in [-0.2, 0) is 4.79 Å². The summed E-state index contributed by atoms with van der Waals surface area (Å²) in [6, 6.07) is 21.3. The summed E-state index contributed by atoms with van der Waals surface area (Å²) in [4.78, 5) is 25.7. The second-order valence-electron chi connectivity index (χ2n) is 6.95. The maximum atomic E-state index is 13.1. The molecule has 5 rings (SSSR count). The van der Waals surface area contributed by atoms with Crippen molar-refractivity contribution in [3.8, 4) is 11.5 Å². The van der Waals surface area contributed by atoms with Gasteiger partial charge in [-0.3, -0.25) is 9.59 Å². The summed E-state index contributed by atoms with van der Waals surface area (Å²) in [6.07, 6.45) is 0. The van der Waals surface area contributed by atoms with Gasteiger partial charge in [-0.2, -0.15) is 0 Å². The lowest BCUT2D eigenvalue weighted by Crippen LogP contribution is -2.17. The molecule has 1 N–H and O–H groups in total. The first-order valence-electron chi connectivity index (χ1n) is 9.77. The molecule has 31 heavy (non-hydrogen) atoms. The Kier molecular flexibility index (Phi) is 4.76. The largest absolute Gasteiger partial charge is 0.486 e. The molecular formula is C24H17N3O4. The minimum Gasteiger partial charge on any atom is -0.486 e. The second kappa shape index (κ2) is 7.87. The number of amides is 1. The number of hydrogen-bond acceptors (Lipinski definition) is 6. The Morgan fingerprint density at radius 1 is 0.839 bits per heavy atom. The minimum atomic E-state index is -0.402. The number of ketones is 1. The van der Waals surface area contributed by atoms with E-state index in [1.807, 2.05) is 24.3 Å². The molecule has 2 aliphatic rings. The number of rotatable bonds is 4. The maximum absolute atomic E-state index is 13.1. The molecule has 0 atom stereocenters. The van der Waals surface area contributed by atoms with Gasteiger partial charge >= 0.3 is 0 Å². The number of anilines is 1. The van der Waals surface area contributed by atoms with Crippen molar-refractivity contribution in [3.63, 3.8) is 0 Å². The molecule has 0 spiro atoms. The number of fused-ring (bicyclic) bond motifs is 2. The SMILES string of the molecule is O=C1Nc2cc3c(cc2/C1=N/N=C(\C(=O)c1ccccc1)c1ccccc1)OCCO3. The van der Waals surface area contributed by atoms with Gasteiger partial charge in [0.15, 0.2) is 17.2 Å². The fourth-order valence-electron chi connectivity index (χ4n) is 3.45. The molecule has 0 aromatic heterocycles. The van der Waals surface area contributed by atoms with E-state index in [9.17, 15) is 9.59 Å². The Hall–Kier alpha value is -4.26. The van der Waals surface area contributed by atoms with Crippen molar-refractivity contribution in [2.75, 3.05) is 18.5 Å². The zero-order valence-corrected chi connectivity index (χ0v) is 16.4. The summed E-state index contributed by atoms with van der Waals surface area (Å²) in [5.74, 6) is 0.429. The van der Waals surface area contributed by atoms with Crippen LogP contribution in [0.15, 0.2) is 83.0 Å². The van der Waals surface area contributed by atoms with Crippen LogP contribution in [0.2, 0.25) is 0 Å². The van der Waals surface area contributed by atoms with Crippen LogP contribution in [0.4, 0.5) is 5.69 Å². The van der Waals surface area contributed by atoms with Crippen LogP contribution >= 0.6 is 0 Å². The smallest absolute Gasteiger partial charge is 0.276 e. The molecule has 2 heterocycles. The Labute approximate surface area is 178 Å². The summed E-state index contributed by atoms with van der Waals surface area (Å²) in [7, 11) is 0. The minimum absolute atomic E-state index is 0.112. The molecule has 7 heteroatoms. The molecule has 0 radical (unpaired) electrons. The van der Waals surface area contributed by atoms with Crippen molar-refractivity contribution >= 4 is 28.8 Å². The quantitative estimate of drug-likeness (QED) is 0.404. The topological polar surface area (TPSA) is 89.4 Å². The summed E-state index contributed by atoms with van der Waals surface area (Å²) in [5, 5.41) is 11.2. The normalized spacial score (nSPS) is 16.1. The zero-order valence-electron chi connectivity index (χ0n) is 16.4. The van der Waals surface area contributed by atoms with Crippen LogP contribution in [0.3, 0.4) is 0 Å². The van der Waals surface area contributed by atoms with E-state index in [0.717, 1.165) is 0 Å². The molecular weight excluding hydrogens is 394 g/mol. The molecule has 3 aromatic rings. The number of nitrogens with one attached hydrogen (secondary N) is 1. The molecule has 0 aliphatic carbocycles. The molecule has 1 amide bonds. The van der Waals surface area contributed by atoms with Gasteiger partial charge in [0, 0.05) is 22.8 Å². The zero-order chi connectivity index (χ0) is 21.2. The molecule has 0 saturated carbocycles. The molecule has 0 bridgehead atoms. The standard InChI is InChI=1S/C24H17N3O4/c28-23(16-9-5-2-6-10-16)21(15-7-3-1-4-8-15)26-27-22-17-13-19-20(31-12-11-30-19)14-18(17)25-24(22)29/h1-10,13-14H,11-12H2,(H,25,27,29)/b26-21-. The molecule has 0 unspecified atom stereocenters. The highest BCUT2D eigenvalue weighted by Crippen LogP contribution is 2.38. The first-order chi connectivity index (χ1) is 15.2. The fraction of sp³-hybridized carbons (Fsp3) is 0.0833. The van der Waals surface area contributed by atoms with E-state index < -0.39 is 5.91 Å². The molecule has 152 valence electrons. The van der Waals surface area contributed by atoms with E-state index in [-0.39, 0.29) is 17.2 Å². The summed E-state index contributed by atoms with van der Waals surface area (Å²) < 4.78 is 11.2. The monoisotopic (exact) mass is 411 g/mol. The molecule has 7 nitrogen and oxygen atoms in total. The number of ether oxygens (including phenoxy) is 2. The predicted molar refractivity (Wildman–Crippen MR) is 116 cm³/mol. The number of benzene rings is 3. The van der Waals surface area contributed by atoms with Gasteiger partial charge in [-0.15, -0.1) is 10.2 Å². The molecule has 0 saturated heterocycles. The molecule has 3 aromatic carbocycles. The van der Waals surface area contributed by atoms with Crippen LogP contribution in [0, 0.1) is 0 Å². The number of carbonyl (C=O) groups excluding carboxylic acids is 2. The first kappa shape index (κ1) is 18.7. The van der Waals surface area contributed by atoms with Crippen molar-refractivity contribution in [2.45, 2.75) is 0 Å². The van der Waals surface area contributed by atoms with Gasteiger partial charge in [0.25, 0.3) is 5.91 Å². The Morgan fingerprint density at radius 2 is 1.45 bits per heavy atom. The van der Waals surface area contributed by atoms with Crippen LogP contribution in [0.25, 0.3) is 0 Å². The van der Waals surface area contributed by atoms with Gasteiger partial charge < -0.3 is 14.8 Å². The van der Waals surface area contributed by atoms with Crippen molar-refractivity contribution in [1.29, 1.82) is 0 Å². The molecule has 2 aliphatic heterocycles. The third-order valence-corrected chi connectivity index (χ3v) is 4.95. The van der Waals surface area contributed by atoms with E-state index in [1.165, 1.54) is 0 Å². The van der Waals surface area contributed by atoms with Crippen molar-refractivity contribution in [1.82, 2.24) is 0 Å². The van der Waals surface area contributed by atoms with Crippen molar-refractivity contribution in [2.24, 2.45) is 10.2 Å². The number of nitrogens with zero attached hydrogens (tertiary/aromatic N) is 2. The third kappa shape index (κ3) is 3.57. The fourth-order valence-corrected chi connectivity index (χ4v) is 3.45. The third-order valence-electron chi connectivity index (χ3n) is 4.95.